The maximum absolute atomic E-state index is 12.5. The molecule has 0 aromatic carbocycles. The van der Waals surface area contributed by atoms with Gasteiger partial charge in [0.05, 0.1) is 0 Å². The van der Waals surface area contributed by atoms with Crippen molar-refractivity contribution in [2.75, 3.05) is 20.1 Å². The number of carbonyl (C=O) groups excluding carboxylic acids is 2. The molecule has 1 N–H and O–H groups in total. The maximum atomic E-state index is 12.5. The molecule has 2 fully saturated rings. The Morgan fingerprint density at radius 1 is 1.36 bits per heavy atom. The summed E-state index contributed by atoms with van der Waals surface area (Å²) in [6.07, 6.45) is 3.63. The lowest BCUT2D eigenvalue weighted by Gasteiger charge is -2.22. The van der Waals surface area contributed by atoms with Crippen molar-refractivity contribution in [3.05, 3.63) is 21.9 Å². The van der Waals surface area contributed by atoms with Crippen LogP contribution in [0, 0.1) is 6.92 Å². The minimum absolute atomic E-state index is 0.0179. The Balaban J connectivity index is 1.56. The number of aryl methyl sites for hydroxylation is 1. The van der Waals surface area contributed by atoms with E-state index in [0.717, 1.165) is 32.2 Å². The van der Waals surface area contributed by atoms with Crippen LogP contribution in [0.4, 0.5) is 4.79 Å². The van der Waals surface area contributed by atoms with Gasteiger partial charge in [0.2, 0.25) is 0 Å². The molecule has 120 valence electrons. The number of rotatable bonds is 5. The van der Waals surface area contributed by atoms with E-state index < -0.39 is 5.54 Å². The van der Waals surface area contributed by atoms with Gasteiger partial charge in [-0.3, -0.25) is 14.6 Å². The molecule has 1 aliphatic carbocycles. The summed E-state index contributed by atoms with van der Waals surface area (Å²) in [6.45, 7) is 4.14. The molecule has 5 nitrogen and oxygen atoms in total. The van der Waals surface area contributed by atoms with Crippen LogP contribution in [-0.4, -0.2) is 47.4 Å². The molecule has 0 atom stereocenters. The summed E-state index contributed by atoms with van der Waals surface area (Å²) in [5, 5.41) is 5.03. The fourth-order valence-electron chi connectivity index (χ4n) is 3.36. The van der Waals surface area contributed by atoms with E-state index in [1.165, 1.54) is 15.3 Å². The number of hydrogen-bond donors (Lipinski definition) is 1. The zero-order valence-corrected chi connectivity index (χ0v) is 14.0. The van der Waals surface area contributed by atoms with Crippen LogP contribution >= 0.6 is 11.3 Å². The molecular weight excluding hydrogens is 298 g/mol. The molecule has 0 radical (unpaired) electrons. The predicted octanol–water partition coefficient (Wildman–Crippen LogP) is 2.35. The van der Waals surface area contributed by atoms with Crippen LogP contribution in [0.15, 0.2) is 11.4 Å². The first-order chi connectivity index (χ1) is 10.5. The monoisotopic (exact) mass is 321 g/mol. The molecule has 1 saturated carbocycles. The second-order valence-electron chi connectivity index (χ2n) is 6.44. The summed E-state index contributed by atoms with van der Waals surface area (Å²) in [4.78, 5) is 29.6. The predicted molar refractivity (Wildman–Crippen MR) is 86.8 cm³/mol. The standard InChI is InChI=1S/C16H23N3O2S/c1-12-5-10-22-13(12)11-18(2)8-9-19-14(20)16(17-15(19)21)6-3-4-7-16/h5,10H,3-4,6-9,11H2,1-2H3,(H,17,21). The summed E-state index contributed by atoms with van der Waals surface area (Å²) < 4.78 is 0. The van der Waals surface area contributed by atoms with Crippen molar-refractivity contribution in [3.8, 4) is 0 Å². The van der Waals surface area contributed by atoms with Gasteiger partial charge in [-0.05, 0) is 43.8 Å². The first kappa shape index (κ1) is 15.5. The smallest absolute Gasteiger partial charge is 0.323 e. The van der Waals surface area contributed by atoms with Crippen molar-refractivity contribution in [1.82, 2.24) is 15.1 Å². The molecule has 1 spiro atoms. The third kappa shape index (κ3) is 2.77. The van der Waals surface area contributed by atoms with Crippen LogP contribution in [0.5, 0.6) is 0 Å². The molecule has 1 aromatic heterocycles. The topological polar surface area (TPSA) is 52.6 Å². The Kier molecular flexibility index (Phi) is 4.23. The Labute approximate surface area is 135 Å². The number of nitrogens with zero attached hydrogens (tertiary/aromatic N) is 2. The summed E-state index contributed by atoms with van der Waals surface area (Å²) in [7, 11) is 2.03. The van der Waals surface area contributed by atoms with Crippen molar-refractivity contribution in [1.29, 1.82) is 0 Å². The number of hydrogen-bond acceptors (Lipinski definition) is 4. The summed E-state index contributed by atoms with van der Waals surface area (Å²) >= 11 is 1.75. The van der Waals surface area contributed by atoms with Gasteiger partial charge in [0.1, 0.15) is 5.54 Å². The molecule has 0 bridgehead atoms. The first-order valence-electron chi connectivity index (χ1n) is 7.87. The highest BCUT2D eigenvalue weighted by Gasteiger charge is 2.52. The van der Waals surface area contributed by atoms with Crippen LogP contribution in [-0.2, 0) is 11.3 Å². The number of carbonyl (C=O) groups is 2. The van der Waals surface area contributed by atoms with Gasteiger partial charge < -0.3 is 5.32 Å². The molecule has 0 unspecified atom stereocenters. The highest BCUT2D eigenvalue weighted by Crippen LogP contribution is 2.34. The van der Waals surface area contributed by atoms with Crippen LogP contribution in [0.25, 0.3) is 0 Å². The number of amides is 3. The fraction of sp³-hybridized carbons (Fsp3) is 0.625. The Bertz CT molecular complexity index is 578. The van der Waals surface area contributed by atoms with Gasteiger partial charge in [-0.1, -0.05) is 12.8 Å². The zero-order valence-electron chi connectivity index (χ0n) is 13.2. The average Bonchev–Trinajstić information content (AvgIpc) is 3.14. The van der Waals surface area contributed by atoms with Gasteiger partial charge in [0.25, 0.3) is 5.91 Å². The van der Waals surface area contributed by atoms with E-state index >= 15 is 0 Å². The fourth-order valence-corrected chi connectivity index (χ4v) is 4.34. The molecule has 2 heterocycles. The van der Waals surface area contributed by atoms with Gasteiger partial charge in [-0.15, -0.1) is 11.3 Å². The van der Waals surface area contributed by atoms with Gasteiger partial charge >= 0.3 is 6.03 Å². The van der Waals surface area contributed by atoms with Crippen LogP contribution in [0.3, 0.4) is 0 Å². The highest BCUT2D eigenvalue weighted by atomic mass is 32.1. The van der Waals surface area contributed by atoms with Crippen molar-refractivity contribution in [2.24, 2.45) is 0 Å². The van der Waals surface area contributed by atoms with E-state index in [1.54, 1.807) is 11.3 Å². The number of imide groups is 1. The highest BCUT2D eigenvalue weighted by molar-refractivity contribution is 7.10. The van der Waals surface area contributed by atoms with Crippen LogP contribution < -0.4 is 5.32 Å². The van der Waals surface area contributed by atoms with Crippen molar-refractivity contribution < 1.29 is 9.59 Å². The number of nitrogens with one attached hydrogen (secondary N) is 1. The molecule has 1 aromatic rings. The zero-order chi connectivity index (χ0) is 15.7. The molecule has 2 aliphatic rings. The lowest BCUT2D eigenvalue weighted by molar-refractivity contribution is -0.131. The van der Waals surface area contributed by atoms with Gasteiger partial charge in [-0.2, -0.15) is 0 Å². The quantitative estimate of drug-likeness (QED) is 0.847. The molecular formula is C16H23N3O2S. The van der Waals surface area contributed by atoms with Gasteiger partial charge in [0, 0.05) is 24.5 Å². The largest absolute Gasteiger partial charge is 0.325 e. The Morgan fingerprint density at radius 2 is 2.09 bits per heavy atom. The number of likely N-dealkylation sites (N-methyl/N-ethyl adjacent to an activating group) is 1. The lowest BCUT2D eigenvalue weighted by atomic mass is 9.98. The van der Waals surface area contributed by atoms with Gasteiger partial charge in [0.15, 0.2) is 0 Å². The third-order valence-corrected chi connectivity index (χ3v) is 5.80. The maximum Gasteiger partial charge on any atom is 0.325 e. The SMILES string of the molecule is Cc1ccsc1CN(C)CCN1C(=O)NC2(CCCC2)C1=O. The van der Waals surface area contributed by atoms with E-state index in [0.29, 0.717) is 13.1 Å². The van der Waals surface area contributed by atoms with E-state index in [-0.39, 0.29) is 11.9 Å². The average molecular weight is 321 g/mol. The number of thiophene rings is 1. The summed E-state index contributed by atoms with van der Waals surface area (Å²) in [5.74, 6) is -0.0179. The van der Waals surface area contributed by atoms with Crippen LogP contribution in [0.1, 0.15) is 36.1 Å². The van der Waals surface area contributed by atoms with E-state index in [1.807, 2.05) is 7.05 Å². The lowest BCUT2D eigenvalue weighted by Crippen LogP contribution is -2.44. The van der Waals surface area contributed by atoms with E-state index in [4.69, 9.17) is 0 Å². The molecule has 1 aliphatic heterocycles. The Morgan fingerprint density at radius 3 is 2.73 bits per heavy atom. The van der Waals surface area contributed by atoms with Crippen LogP contribution in [0.2, 0.25) is 0 Å². The summed E-state index contributed by atoms with van der Waals surface area (Å²) in [5.41, 5.74) is 0.719. The van der Waals surface area contributed by atoms with Crippen molar-refractivity contribution >= 4 is 23.3 Å². The normalized spacial score (nSPS) is 20.4. The second-order valence-corrected chi connectivity index (χ2v) is 7.44. The van der Waals surface area contributed by atoms with Crippen molar-refractivity contribution in [2.45, 2.75) is 44.7 Å². The molecule has 3 amide bonds. The van der Waals surface area contributed by atoms with E-state index in [2.05, 4.69) is 28.6 Å². The minimum atomic E-state index is -0.583. The molecule has 1 saturated heterocycles. The minimum Gasteiger partial charge on any atom is -0.323 e. The number of urea groups is 1. The van der Waals surface area contributed by atoms with E-state index in [9.17, 15) is 9.59 Å². The first-order valence-corrected chi connectivity index (χ1v) is 8.75. The molecule has 22 heavy (non-hydrogen) atoms. The van der Waals surface area contributed by atoms with Gasteiger partial charge in [-0.25, -0.2) is 4.79 Å². The summed E-state index contributed by atoms with van der Waals surface area (Å²) in [6, 6.07) is 1.90. The molecule has 3 rings (SSSR count). The molecule has 6 heteroatoms. The van der Waals surface area contributed by atoms with Crippen molar-refractivity contribution in [3.63, 3.8) is 0 Å². The Hall–Kier alpha value is -1.40. The third-order valence-electron chi connectivity index (χ3n) is 4.79. The second kappa shape index (κ2) is 6.01.